The van der Waals surface area contributed by atoms with Gasteiger partial charge in [-0.3, -0.25) is 0 Å². The van der Waals surface area contributed by atoms with Crippen LogP contribution >= 0.6 is 17.0 Å². The van der Waals surface area contributed by atoms with Gasteiger partial charge in [0.2, 0.25) is 0 Å². The summed E-state index contributed by atoms with van der Waals surface area (Å²) in [5.74, 6) is -0.189. The number of benzene rings is 1. The Morgan fingerprint density at radius 2 is 2.09 bits per heavy atom. The topological polar surface area (TPSA) is 26.0 Å². The molecule has 1 nitrogen and oxygen atoms in total. The quantitative estimate of drug-likeness (QED) is 0.809. The van der Waals surface area contributed by atoms with Crippen LogP contribution in [-0.4, -0.2) is 6.54 Å². The maximum absolute atomic E-state index is 12.4. The molecule has 0 unspecified atom stereocenters. The van der Waals surface area contributed by atoms with Gasteiger partial charge in [-0.2, -0.15) is 0 Å². The lowest BCUT2D eigenvalue weighted by Gasteiger charge is -1.96. The van der Waals surface area contributed by atoms with Gasteiger partial charge in [0.1, 0.15) is 5.82 Å². The second-order valence-electron chi connectivity index (χ2n) is 2.17. The summed E-state index contributed by atoms with van der Waals surface area (Å²) in [6.45, 7) is 0.573. The van der Waals surface area contributed by atoms with Crippen molar-refractivity contribution in [2.75, 3.05) is 6.54 Å². The van der Waals surface area contributed by atoms with Gasteiger partial charge in [-0.25, -0.2) is 4.39 Å². The highest BCUT2D eigenvalue weighted by atomic mass is 79.9. The Hall–Kier alpha value is -0.410. The molecule has 0 aliphatic carbocycles. The van der Waals surface area contributed by atoms with Gasteiger partial charge in [-0.15, -0.1) is 17.0 Å². The van der Waals surface area contributed by atoms with E-state index in [1.807, 2.05) is 6.07 Å². The number of halogens is 2. The molecule has 11 heavy (non-hydrogen) atoms. The molecule has 0 saturated heterocycles. The molecule has 0 radical (unpaired) electrons. The van der Waals surface area contributed by atoms with Crippen molar-refractivity contribution in [1.29, 1.82) is 0 Å². The van der Waals surface area contributed by atoms with Gasteiger partial charge in [0.05, 0.1) is 0 Å². The second kappa shape index (κ2) is 5.27. The molecule has 3 heteroatoms. The minimum Gasteiger partial charge on any atom is -0.330 e. The molecule has 1 aromatic carbocycles. The first-order chi connectivity index (χ1) is 4.83. The third kappa shape index (κ3) is 3.49. The van der Waals surface area contributed by atoms with Crippen LogP contribution in [0.15, 0.2) is 24.3 Å². The van der Waals surface area contributed by atoms with E-state index in [1.54, 1.807) is 6.07 Å². The number of nitrogens with two attached hydrogens (primary N) is 1. The average Bonchev–Trinajstić information content (AvgIpc) is 1.88. The molecule has 0 fully saturated rings. The molecule has 0 heterocycles. The lowest BCUT2D eigenvalue weighted by Crippen LogP contribution is -2.02. The molecule has 1 rings (SSSR count). The lowest BCUT2D eigenvalue weighted by atomic mass is 10.1. The highest BCUT2D eigenvalue weighted by molar-refractivity contribution is 8.93. The largest absolute Gasteiger partial charge is 0.330 e. The molecule has 0 aliphatic heterocycles. The second-order valence-corrected chi connectivity index (χ2v) is 2.17. The first kappa shape index (κ1) is 10.6. The molecule has 0 saturated carbocycles. The summed E-state index contributed by atoms with van der Waals surface area (Å²) in [7, 11) is 0. The van der Waals surface area contributed by atoms with E-state index in [1.165, 1.54) is 12.1 Å². The summed E-state index contributed by atoms with van der Waals surface area (Å²) < 4.78 is 12.4. The zero-order valence-corrected chi connectivity index (χ0v) is 7.80. The van der Waals surface area contributed by atoms with Crippen molar-refractivity contribution in [2.45, 2.75) is 6.42 Å². The van der Waals surface area contributed by atoms with E-state index in [-0.39, 0.29) is 22.8 Å². The lowest BCUT2D eigenvalue weighted by molar-refractivity contribution is 0.625. The Bertz CT molecular complexity index is 215. The maximum Gasteiger partial charge on any atom is 0.123 e. The van der Waals surface area contributed by atoms with Crippen LogP contribution in [0.4, 0.5) is 4.39 Å². The van der Waals surface area contributed by atoms with E-state index in [4.69, 9.17) is 5.73 Å². The smallest absolute Gasteiger partial charge is 0.123 e. The van der Waals surface area contributed by atoms with Crippen molar-refractivity contribution in [3.05, 3.63) is 35.6 Å². The fraction of sp³-hybridized carbons (Fsp3) is 0.250. The molecule has 0 aliphatic rings. The Kier molecular flexibility index (Phi) is 5.07. The van der Waals surface area contributed by atoms with E-state index in [0.717, 1.165) is 12.0 Å². The zero-order chi connectivity index (χ0) is 7.40. The molecule has 62 valence electrons. The van der Waals surface area contributed by atoms with Crippen molar-refractivity contribution in [2.24, 2.45) is 5.73 Å². The molecule has 0 atom stereocenters. The Labute approximate surface area is 76.2 Å². The molecule has 0 bridgehead atoms. The van der Waals surface area contributed by atoms with Crippen molar-refractivity contribution in [3.63, 3.8) is 0 Å². The molecule has 0 amide bonds. The van der Waals surface area contributed by atoms with E-state index in [9.17, 15) is 4.39 Å². The molecular weight excluding hydrogens is 209 g/mol. The van der Waals surface area contributed by atoms with Gasteiger partial charge in [0.15, 0.2) is 0 Å². The molecule has 1 aromatic rings. The minimum atomic E-state index is -0.189. The van der Waals surface area contributed by atoms with E-state index < -0.39 is 0 Å². The van der Waals surface area contributed by atoms with Crippen molar-refractivity contribution < 1.29 is 4.39 Å². The third-order valence-corrected chi connectivity index (χ3v) is 1.32. The number of rotatable bonds is 2. The Balaban J connectivity index is 0.000001000. The molecular formula is C8H11BrFN. The van der Waals surface area contributed by atoms with Gasteiger partial charge in [0, 0.05) is 0 Å². The average molecular weight is 220 g/mol. The predicted octanol–water partition coefficient (Wildman–Crippen LogP) is 1.90. The summed E-state index contributed by atoms with van der Waals surface area (Å²) in [5.41, 5.74) is 6.25. The third-order valence-electron chi connectivity index (χ3n) is 1.32. The van der Waals surface area contributed by atoms with Crippen LogP contribution in [0.1, 0.15) is 5.56 Å². The van der Waals surface area contributed by atoms with Gasteiger partial charge in [-0.05, 0) is 30.7 Å². The molecule has 0 aromatic heterocycles. The van der Waals surface area contributed by atoms with E-state index in [0.29, 0.717) is 6.54 Å². The van der Waals surface area contributed by atoms with Crippen molar-refractivity contribution >= 4 is 17.0 Å². The van der Waals surface area contributed by atoms with Crippen LogP contribution in [0, 0.1) is 5.82 Å². The summed E-state index contributed by atoms with van der Waals surface area (Å²) in [6, 6.07) is 6.50. The van der Waals surface area contributed by atoms with Crippen LogP contribution < -0.4 is 5.73 Å². The van der Waals surface area contributed by atoms with Crippen LogP contribution in [0.5, 0.6) is 0 Å². The first-order valence-corrected chi connectivity index (χ1v) is 3.27. The van der Waals surface area contributed by atoms with E-state index in [2.05, 4.69) is 0 Å². The van der Waals surface area contributed by atoms with Crippen LogP contribution in [-0.2, 0) is 6.42 Å². The highest BCUT2D eigenvalue weighted by Gasteiger charge is 1.91. The fourth-order valence-electron chi connectivity index (χ4n) is 0.859. The van der Waals surface area contributed by atoms with Gasteiger partial charge < -0.3 is 5.73 Å². The van der Waals surface area contributed by atoms with Crippen molar-refractivity contribution in [3.8, 4) is 0 Å². The standard InChI is InChI=1S/C8H10FN.BrH/c9-8-3-1-2-7(6-8)4-5-10;/h1-3,6H,4-5,10H2;1H. The normalized spacial score (nSPS) is 8.91. The number of hydrogen-bond acceptors (Lipinski definition) is 1. The van der Waals surface area contributed by atoms with Gasteiger partial charge >= 0.3 is 0 Å². The summed E-state index contributed by atoms with van der Waals surface area (Å²) >= 11 is 0. The molecule has 0 spiro atoms. The zero-order valence-electron chi connectivity index (χ0n) is 6.09. The summed E-state index contributed by atoms with van der Waals surface area (Å²) in [5, 5.41) is 0. The SMILES string of the molecule is Br.NCCc1cccc(F)c1. The maximum atomic E-state index is 12.4. The van der Waals surface area contributed by atoms with Crippen LogP contribution in [0.25, 0.3) is 0 Å². The van der Waals surface area contributed by atoms with E-state index >= 15 is 0 Å². The number of hydrogen-bond donors (Lipinski definition) is 1. The highest BCUT2D eigenvalue weighted by Crippen LogP contribution is 2.02. The summed E-state index contributed by atoms with van der Waals surface area (Å²) in [4.78, 5) is 0. The first-order valence-electron chi connectivity index (χ1n) is 3.27. The van der Waals surface area contributed by atoms with Gasteiger partial charge in [0.25, 0.3) is 0 Å². The van der Waals surface area contributed by atoms with Gasteiger partial charge in [-0.1, -0.05) is 12.1 Å². The van der Waals surface area contributed by atoms with Crippen molar-refractivity contribution in [1.82, 2.24) is 0 Å². The Morgan fingerprint density at radius 3 is 2.64 bits per heavy atom. The Morgan fingerprint density at radius 1 is 1.36 bits per heavy atom. The minimum absolute atomic E-state index is 0. The molecule has 2 N–H and O–H groups in total. The fourth-order valence-corrected chi connectivity index (χ4v) is 0.859. The van der Waals surface area contributed by atoms with Crippen LogP contribution in [0.3, 0.4) is 0 Å². The van der Waals surface area contributed by atoms with Crippen LogP contribution in [0.2, 0.25) is 0 Å². The monoisotopic (exact) mass is 219 g/mol. The predicted molar refractivity (Wildman–Crippen MR) is 49.5 cm³/mol. The summed E-state index contributed by atoms with van der Waals surface area (Å²) in [6.07, 6.45) is 0.748.